The molecule has 38 heavy (non-hydrogen) atoms. The molecular weight excluding hydrogens is 484 g/mol. The first-order valence-electron chi connectivity index (χ1n) is 13.3. The summed E-state index contributed by atoms with van der Waals surface area (Å²) in [6.45, 7) is 4.02. The molecule has 1 unspecified atom stereocenters. The van der Waals surface area contributed by atoms with Gasteiger partial charge in [0.15, 0.2) is 0 Å². The fourth-order valence-electron chi connectivity index (χ4n) is 6.60. The summed E-state index contributed by atoms with van der Waals surface area (Å²) < 4.78 is 12.1. The third-order valence-electron chi connectivity index (χ3n) is 8.42. The van der Waals surface area contributed by atoms with Crippen molar-refractivity contribution in [3.8, 4) is 0 Å². The topological polar surface area (TPSA) is 96.4 Å². The zero-order valence-corrected chi connectivity index (χ0v) is 21.5. The first-order chi connectivity index (χ1) is 18.4. The Balaban J connectivity index is 1.49. The zero-order valence-electron chi connectivity index (χ0n) is 21.5. The van der Waals surface area contributed by atoms with E-state index in [1.807, 2.05) is 74.5 Å². The second kappa shape index (κ2) is 9.36. The summed E-state index contributed by atoms with van der Waals surface area (Å²) in [7, 11) is 0. The number of benzene rings is 2. The molecule has 1 spiro atoms. The van der Waals surface area contributed by atoms with Gasteiger partial charge in [0.05, 0.1) is 31.3 Å². The lowest BCUT2D eigenvalue weighted by Gasteiger charge is -2.39. The number of amides is 2. The van der Waals surface area contributed by atoms with Gasteiger partial charge in [0.25, 0.3) is 5.91 Å². The number of ether oxygens (including phenoxy) is 2. The van der Waals surface area contributed by atoms with E-state index in [2.05, 4.69) is 0 Å². The van der Waals surface area contributed by atoms with Gasteiger partial charge in [0.2, 0.25) is 5.91 Å². The minimum absolute atomic E-state index is 0.131. The highest BCUT2D eigenvalue weighted by Crippen LogP contribution is 2.54. The number of hydrogen-bond donors (Lipinski definition) is 1. The van der Waals surface area contributed by atoms with E-state index in [0.29, 0.717) is 12.1 Å². The highest BCUT2D eigenvalue weighted by atomic mass is 16.6. The third-order valence-corrected chi connectivity index (χ3v) is 8.42. The molecule has 2 fully saturated rings. The van der Waals surface area contributed by atoms with Gasteiger partial charge in [-0.3, -0.25) is 14.4 Å². The van der Waals surface area contributed by atoms with E-state index < -0.39 is 41.6 Å². The first-order valence-corrected chi connectivity index (χ1v) is 13.3. The van der Waals surface area contributed by atoms with Gasteiger partial charge in [-0.05, 0) is 35.2 Å². The summed E-state index contributed by atoms with van der Waals surface area (Å²) in [5.41, 5.74) is -0.648. The summed E-state index contributed by atoms with van der Waals surface area (Å²) in [6, 6.07) is 12.1. The van der Waals surface area contributed by atoms with Crippen molar-refractivity contribution in [2.75, 3.05) is 24.7 Å². The highest BCUT2D eigenvalue weighted by molar-refractivity contribution is 6.06. The third kappa shape index (κ3) is 3.61. The molecule has 2 aromatic rings. The molecule has 4 heterocycles. The van der Waals surface area contributed by atoms with Crippen molar-refractivity contribution in [2.24, 2.45) is 17.8 Å². The predicted octanol–water partition coefficient (Wildman–Crippen LogP) is 2.84. The molecule has 4 aliphatic heterocycles. The van der Waals surface area contributed by atoms with Gasteiger partial charge in [-0.25, -0.2) is 0 Å². The van der Waals surface area contributed by atoms with Crippen LogP contribution in [0.4, 0.5) is 5.69 Å². The van der Waals surface area contributed by atoms with E-state index in [4.69, 9.17) is 9.47 Å². The number of carbonyl (C=O) groups is 3. The Hall–Kier alpha value is -3.49. The molecule has 2 saturated heterocycles. The Morgan fingerprint density at radius 3 is 2.61 bits per heavy atom. The second-order valence-corrected chi connectivity index (χ2v) is 10.8. The smallest absolute Gasteiger partial charge is 0.312 e. The largest absolute Gasteiger partial charge is 0.465 e. The number of anilines is 1. The summed E-state index contributed by atoms with van der Waals surface area (Å²) >= 11 is 0. The molecule has 2 amide bonds. The van der Waals surface area contributed by atoms with Gasteiger partial charge in [-0.1, -0.05) is 68.5 Å². The number of rotatable bonds is 4. The minimum atomic E-state index is -1.36. The number of cyclic esters (lactones) is 1. The summed E-state index contributed by atoms with van der Waals surface area (Å²) in [6.07, 6.45) is 7.26. The fraction of sp³-hybridized carbons (Fsp3) is 0.433. The molecule has 0 aliphatic carbocycles. The van der Waals surface area contributed by atoms with Gasteiger partial charge in [-0.15, -0.1) is 0 Å². The molecule has 8 heteroatoms. The molecule has 4 aliphatic rings. The molecule has 8 nitrogen and oxygen atoms in total. The number of likely N-dealkylation sites (tertiary alicyclic amines) is 1. The van der Waals surface area contributed by atoms with Gasteiger partial charge in [-0.2, -0.15) is 0 Å². The van der Waals surface area contributed by atoms with Crippen molar-refractivity contribution in [3.05, 3.63) is 66.8 Å². The van der Waals surface area contributed by atoms with Crippen molar-refractivity contribution in [1.29, 1.82) is 0 Å². The van der Waals surface area contributed by atoms with E-state index in [1.54, 1.807) is 11.0 Å². The van der Waals surface area contributed by atoms with Crippen LogP contribution in [0.15, 0.2) is 66.8 Å². The maximum atomic E-state index is 14.5. The second-order valence-electron chi connectivity index (χ2n) is 10.8. The monoisotopic (exact) mass is 516 g/mol. The summed E-state index contributed by atoms with van der Waals surface area (Å²) in [4.78, 5) is 45.1. The molecule has 1 N–H and O–H groups in total. The van der Waals surface area contributed by atoms with Gasteiger partial charge >= 0.3 is 5.97 Å². The lowest BCUT2D eigenvalue weighted by atomic mass is 9.77. The van der Waals surface area contributed by atoms with Gasteiger partial charge in [0, 0.05) is 12.2 Å². The predicted molar refractivity (Wildman–Crippen MR) is 141 cm³/mol. The van der Waals surface area contributed by atoms with E-state index >= 15 is 0 Å². The molecule has 198 valence electrons. The van der Waals surface area contributed by atoms with Crippen molar-refractivity contribution in [3.63, 3.8) is 0 Å². The van der Waals surface area contributed by atoms with E-state index in [0.717, 1.165) is 10.8 Å². The van der Waals surface area contributed by atoms with Crippen molar-refractivity contribution in [1.82, 2.24) is 4.90 Å². The fourth-order valence-corrected chi connectivity index (χ4v) is 6.60. The van der Waals surface area contributed by atoms with Gasteiger partial charge in [0.1, 0.15) is 17.6 Å². The molecule has 2 aromatic carbocycles. The van der Waals surface area contributed by atoms with Crippen LogP contribution in [0.2, 0.25) is 0 Å². The number of fused-ring (bicyclic) bond motifs is 3. The van der Waals surface area contributed by atoms with Crippen LogP contribution >= 0.6 is 0 Å². The molecule has 0 radical (unpaired) electrons. The summed E-state index contributed by atoms with van der Waals surface area (Å²) in [5, 5.41) is 12.4. The number of hydrogen-bond acceptors (Lipinski definition) is 6. The Kier molecular flexibility index (Phi) is 6.12. The average Bonchev–Trinajstić information content (AvgIpc) is 3.27. The molecule has 6 rings (SSSR count). The van der Waals surface area contributed by atoms with Crippen LogP contribution < -0.4 is 4.90 Å². The van der Waals surface area contributed by atoms with Crippen LogP contribution in [0.25, 0.3) is 10.8 Å². The SMILES string of the molecule is CC(C)[C@H](CO)N1C(=O)[C@@H]2[C@H]3C(=O)OCCC=C[C@H]3O[C@@]23C=CCN(c2ccc4ccccc4c2)C(=O)C13. The van der Waals surface area contributed by atoms with Crippen molar-refractivity contribution < 1.29 is 29.0 Å². The average molecular weight is 517 g/mol. The molecule has 0 bridgehead atoms. The van der Waals surface area contributed by atoms with Crippen LogP contribution in [-0.2, 0) is 23.9 Å². The van der Waals surface area contributed by atoms with Gasteiger partial charge < -0.3 is 24.4 Å². The Morgan fingerprint density at radius 1 is 1.05 bits per heavy atom. The van der Waals surface area contributed by atoms with Crippen LogP contribution in [0, 0.1) is 17.8 Å². The van der Waals surface area contributed by atoms with Crippen LogP contribution in [0.1, 0.15) is 20.3 Å². The Labute approximate surface area is 221 Å². The lowest BCUT2D eigenvalue weighted by molar-refractivity contribution is -0.155. The molecule has 0 saturated carbocycles. The standard InChI is InChI=1S/C30H32N2O6/c1-18(2)22(17-33)32-26-28(35)31(21-12-11-19-8-3-4-9-20(19)16-21)14-7-13-30(26)25(27(32)34)24-23(38-30)10-5-6-15-37-29(24)36/h3-5,7-13,16,18,22-26,33H,6,14-15,17H2,1-2H3/t22-,23+,24-,25-,26?,30-/m0/s1. The van der Waals surface area contributed by atoms with Crippen LogP contribution in [0.3, 0.4) is 0 Å². The summed E-state index contributed by atoms with van der Waals surface area (Å²) in [5.74, 6) is -3.09. The van der Waals surface area contributed by atoms with E-state index in [1.165, 1.54) is 4.90 Å². The number of carbonyl (C=O) groups excluding carboxylic acids is 3. The van der Waals surface area contributed by atoms with Crippen LogP contribution in [0.5, 0.6) is 0 Å². The van der Waals surface area contributed by atoms with Crippen LogP contribution in [-0.4, -0.2) is 71.3 Å². The first kappa shape index (κ1) is 24.8. The number of esters is 1. The zero-order chi connectivity index (χ0) is 26.6. The number of aliphatic hydroxyl groups excluding tert-OH is 1. The van der Waals surface area contributed by atoms with Crippen molar-refractivity contribution in [2.45, 2.75) is 44.1 Å². The number of aliphatic hydroxyl groups is 1. The van der Waals surface area contributed by atoms with E-state index in [9.17, 15) is 19.5 Å². The maximum Gasteiger partial charge on any atom is 0.312 e. The maximum absolute atomic E-state index is 14.5. The Morgan fingerprint density at radius 2 is 1.84 bits per heavy atom. The van der Waals surface area contributed by atoms with Crippen molar-refractivity contribution >= 4 is 34.2 Å². The minimum Gasteiger partial charge on any atom is -0.465 e. The quantitative estimate of drug-likeness (QED) is 0.496. The molecule has 6 atom stereocenters. The normalized spacial score (nSPS) is 31.5. The highest BCUT2D eigenvalue weighted by Gasteiger charge is 2.72. The van der Waals surface area contributed by atoms with E-state index in [-0.39, 0.29) is 37.5 Å². The number of nitrogens with zero attached hydrogens (tertiary/aromatic N) is 2. The lowest BCUT2D eigenvalue weighted by Crippen LogP contribution is -2.59. The Bertz CT molecular complexity index is 1350. The molecule has 0 aromatic heterocycles. The molecular formula is C30H32N2O6.